The third-order valence-electron chi connectivity index (χ3n) is 18.6. The van der Waals surface area contributed by atoms with E-state index >= 15 is 0 Å². The highest BCUT2D eigenvalue weighted by Crippen LogP contribution is 2.49. The van der Waals surface area contributed by atoms with Gasteiger partial charge in [-0.2, -0.15) is 0 Å². The van der Waals surface area contributed by atoms with Crippen LogP contribution in [0, 0.1) is 0 Å². The summed E-state index contributed by atoms with van der Waals surface area (Å²) in [6.45, 7) is 0. The lowest BCUT2D eigenvalue weighted by Gasteiger charge is -2.16. The largest absolute Gasteiger partial charge is 0.456 e. The van der Waals surface area contributed by atoms with Gasteiger partial charge in [0.1, 0.15) is 22.3 Å². The van der Waals surface area contributed by atoms with Crippen molar-refractivity contribution in [3.8, 4) is 66.8 Å². The fourth-order valence-electron chi connectivity index (χ4n) is 14.7. The molecule has 0 spiro atoms. The topological polar surface area (TPSA) is 26.3 Å². The Morgan fingerprint density at radius 2 is 0.575 bits per heavy atom. The zero-order valence-corrected chi connectivity index (χ0v) is 47.8. The number of benzene rings is 16. The van der Waals surface area contributed by atoms with Crippen LogP contribution in [0.5, 0.6) is 0 Å². The second-order valence-corrected chi connectivity index (χ2v) is 24.4. The van der Waals surface area contributed by atoms with Crippen molar-refractivity contribution in [1.29, 1.82) is 0 Å². The molecule has 3 aromatic heterocycles. The summed E-state index contributed by atoms with van der Waals surface area (Å²) in [5.74, 6) is 0. The van der Waals surface area contributed by atoms with Crippen molar-refractivity contribution < 1.29 is 8.83 Å². The van der Waals surface area contributed by atoms with Crippen molar-refractivity contribution in [3.63, 3.8) is 0 Å². The molecule has 3 heterocycles. The SMILES string of the molecule is c1ccc(-c2cccc3c2sc2ccccc23)c(-c2ccc3c4ccc(-c5cc(-c6cc(-c7ccc8c9ccccc9c9ccccc9c8c7)cc(-c7cccc8oc9ccccc9c78)c6)c6c(c5)oc5ccccc56)cc4c4ccccc4c3c2)c1. The highest BCUT2D eigenvalue weighted by Gasteiger charge is 2.22. The van der Waals surface area contributed by atoms with Gasteiger partial charge < -0.3 is 8.83 Å². The van der Waals surface area contributed by atoms with Gasteiger partial charge in [0, 0.05) is 47.3 Å². The van der Waals surface area contributed by atoms with Crippen LogP contribution >= 0.6 is 11.3 Å². The Hall–Kier alpha value is -11.1. The molecule has 0 bridgehead atoms. The van der Waals surface area contributed by atoms with Gasteiger partial charge in [0.2, 0.25) is 0 Å². The summed E-state index contributed by atoms with van der Waals surface area (Å²) in [5, 5.41) is 21.9. The molecule has 0 saturated carbocycles. The number of hydrogen-bond donors (Lipinski definition) is 0. The molecule has 19 aromatic rings. The number of furan rings is 2. The second kappa shape index (κ2) is 18.7. The van der Waals surface area contributed by atoms with Gasteiger partial charge in [0.15, 0.2) is 0 Å². The third-order valence-corrected chi connectivity index (χ3v) is 19.8. The molecule has 0 aliphatic carbocycles. The van der Waals surface area contributed by atoms with Crippen molar-refractivity contribution in [1.82, 2.24) is 0 Å². The van der Waals surface area contributed by atoms with Gasteiger partial charge in [-0.05, 0) is 199 Å². The second-order valence-electron chi connectivity index (χ2n) is 23.3. The van der Waals surface area contributed by atoms with Gasteiger partial charge in [-0.1, -0.05) is 218 Å². The van der Waals surface area contributed by atoms with E-state index in [9.17, 15) is 0 Å². The molecule has 0 saturated heterocycles. The zero-order chi connectivity index (χ0) is 56.8. The monoisotopic (exact) mass is 1120 g/mol. The minimum atomic E-state index is 0.850. The number of fused-ring (bicyclic) bond motifs is 21. The molecular weight excluding hydrogens is 1070 g/mol. The first-order valence-electron chi connectivity index (χ1n) is 29.9. The van der Waals surface area contributed by atoms with E-state index in [0.717, 1.165) is 88.4 Å². The average Bonchev–Trinajstić information content (AvgIpc) is 2.41. The minimum absolute atomic E-state index is 0.850. The molecule has 0 N–H and O–H groups in total. The first-order valence-corrected chi connectivity index (χ1v) is 30.7. The Labute approximate surface area is 503 Å². The van der Waals surface area contributed by atoms with Crippen LogP contribution < -0.4 is 0 Å². The summed E-state index contributed by atoms with van der Waals surface area (Å²) >= 11 is 1.89. The van der Waals surface area contributed by atoms with E-state index in [-0.39, 0.29) is 0 Å². The summed E-state index contributed by atoms with van der Waals surface area (Å²) in [4.78, 5) is 0. The summed E-state index contributed by atoms with van der Waals surface area (Å²) in [6.07, 6.45) is 0. The lowest BCUT2D eigenvalue weighted by atomic mass is 9.87. The number of thiophene rings is 1. The minimum Gasteiger partial charge on any atom is -0.456 e. The molecule has 3 heteroatoms. The highest BCUT2D eigenvalue weighted by molar-refractivity contribution is 7.26. The van der Waals surface area contributed by atoms with Gasteiger partial charge >= 0.3 is 0 Å². The molecule has 2 nitrogen and oxygen atoms in total. The smallest absolute Gasteiger partial charge is 0.136 e. The average molecular weight is 1120 g/mol. The fourth-order valence-corrected chi connectivity index (χ4v) is 15.9. The van der Waals surface area contributed by atoms with E-state index in [0.29, 0.717) is 0 Å². The van der Waals surface area contributed by atoms with Crippen LogP contribution in [-0.2, 0) is 0 Å². The van der Waals surface area contributed by atoms with E-state index < -0.39 is 0 Å². The van der Waals surface area contributed by atoms with Crippen LogP contribution in [0.2, 0.25) is 0 Å². The van der Waals surface area contributed by atoms with Crippen molar-refractivity contribution in [2.75, 3.05) is 0 Å². The first kappa shape index (κ1) is 48.3. The Morgan fingerprint density at radius 1 is 0.184 bits per heavy atom. The maximum Gasteiger partial charge on any atom is 0.136 e. The maximum absolute atomic E-state index is 6.95. The Balaban J connectivity index is 0.812. The van der Waals surface area contributed by atoms with Gasteiger partial charge in [0.25, 0.3) is 0 Å². The molecule has 0 radical (unpaired) electrons. The fraction of sp³-hybridized carbons (Fsp3) is 0. The van der Waals surface area contributed by atoms with Crippen molar-refractivity contribution in [2.45, 2.75) is 0 Å². The normalized spacial score (nSPS) is 12.1. The Morgan fingerprint density at radius 3 is 1.20 bits per heavy atom. The van der Waals surface area contributed by atoms with Crippen LogP contribution in [0.4, 0.5) is 0 Å². The summed E-state index contributed by atoms with van der Waals surface area (Å²) in [7, 11) is 0. The molecule has 0 fully saturated rings. The van der Waals surface area contributed by atoms with E-state index in [2.05, 4.69) is 291 Å². The lowest BCUT2D eigenvalue weighted by molar-refractivity contribution is 0.668. The molecule has 16 aromatic carbocycles. The highest BCUT2D eigenvalue weighted by atomic mass is 32.1. The lowest BCUT2D eigenvalue weighted by Crippen LogP contribution is -1.90. The molecule has 0 aliphatic heterocycles. The maximum atomic E-state index is 6.95. The quantitative estimate of drug-likeness (QED) is 0.155. The van der Waals surface area contributed by atoms with Crippen LogP contribution in [0.1, 0.15) is 0 Å². The number of rotatable bonds is 6. The Kier molecular flexibility index (Phi) is 10.4. The number of para-hydroxylation sites is 2. The molecule has 0 aliphatic rings. The molecule has 87 heavy (non-hydrogen) atoms. The van der Waals surface area contributed by atoms with Crippen molar-refractivity contribution in [3.05, 3.63) is 291 Å². The summed E-state index contributed by atoms with van der Waals surface area (Å²) < 4.78 is 16.1. The zero-order valence-electron chi connectivity index (χ0n) is 46.9. The number of hydrogen-bond acceptors (Lipinski definition) is 3. The first-order chi connectivity index (χ1) is 43.1. The van der Waals surface area contributed by atoms with Crippen LogP contribution in [0.25, 0.3) is 195 Å². The molecule has 0 unspecified atom stereocenters. The van der Waals surface area contributed by atoms with Crippen LogP contribution in [0.3, 0.4) is 0 Å². The van der Waals surface area contributed by atoms with Crippen LogP contribution in [-0.4, -0.2) is 0 Å². The summed E-state index contributed by atoms with van der Waals surface area (Å²) in [5.41, 5.74) is 17.3. The van der Waals surface area contributed by atoms with E-state index in [1.165, 1.54) is 107 Å². The standard InChI is InChI=1S/C84H48O2S/c1-2-18-58(69-29-15-30-70-68-25-11-14-34-81(68)87-84(69)70)56(17-1)51-37-40-67-66-39-36-50(45-75(66)63-23-7-8-24-64(63)76(67)46-51)53-47-73(83-72-27-10-13-32-78(72)86-80(83)48-53)55-42-52(41-54(43-55)57-28-16-33-79-82(57)71-26-9-12-31-77(71)85-79)49-35-38-65-61-21-4-3-19-59(61)60-20-5-6-22-62(60)74(65)44-49/h1-48H. The molecule has 0 atom stereocenters. The summed E-state index contributed by atoms with van der Waals surface area (Å²) in [6, 6.07) is 108. The van der Waals surface area contributed by atoms with Crippen LogP contribution in [0.15, 0.2) is 300 Å². The van der Waals surface area contributed by atoms with Crippen molar-refractivity contribution in [2.24, 2.45) is 0 Å². The van der Waals surface area contributed by atoms with Gasteiger partial charge in [-0.15, -0.1) is 11.3 Å². The van der Waals surface area contributed by atoms with E-state index in [1.54, 1.807) is 0 Å². The van der Waals surface area contributed by atoms with Gasteiger partial charge in [0.05, 0.1) is 0 Å². The predicted molar refractivity (Wildman–Crippen MR) is 372 cm³/mol. The van der Waals surface area contributed by atoms with E-state index in [4.69, 9.17) is 8.83 Å². The molecule has 402 valence electrons. The van der Waals surface area contributed by atoms with Crippen molar-refractivity contribution >= 4 is 140 Å². The predicted octanol–water partition coefficient (Wildman–Crippen LogP) is 24.8. The van der Waals surface area contributed by atoms with E-state index in [1.807, 2.05) is 11.3 Å². The molecule has 19 rings (SSSR count). The molecular formula is C84H48O2S. The molecule has 0 amide bonds. The Bertz CT molecular complexity index is 6090. The van der Waals surface area contributed by atoms with Gasteiger partial charge in [-0.25, -0.2) is 0 Å². The van der Waals surface area contributed by atoms with Gasteiger partial charge in [-0.3, -0.25) is 0 Å². The third kappa shape index (κ3) is 7.34.